The minimum atomic E-state index is -0.374. The minimum Gasteiger partial charge on any atom is -0.459 e. The number of hydrogen-bond acceptors (Lipinski definition) is 4. The molecular formula is C18H28ClN3O3. The molecule has 0 aliphatic carbocycles. The summed E-state index contributed by atoms with van der Waals surface area (Å²) in [6.07, 6.45) is 7.57. The molecule has 2 amide bonds. The Balaban J connectivity index is 0.00000225. The number of halogens is 1. The van der Waals surface area contributed by atoms with Gasteiger partial charge in [-0.2, -0.15) is 0 Å². The maximum absolute atomic E-state index is 12.6. The topological polar surface area (TPSA) is 74.6 Å². The SMILES string of the molecule is Cl.O=C(NCCC1CCCNC1)C1CCCCN1C(=O)c1ccco1. The second-order valence-corrected chi connectivity index (χ2v) is 6.78. The first kappa shape index (κ1) is 19.8. The zero-order chi connectivity index (χ0) is 16.8. The third-order valence-corrected chi connectivity index (χ3v) is 5.05. The van der Waals surface area contributed by atoms with Crippen LogP contribution in [0.3, 0.4) is 0 Å². The van der Waals surface area contributed by atoms with E-state index < -0.39 is 0 Å². The van der Waals surface area contributed by atoms with Gasteiger partial charge in [-0.05, 0) is 69.7 Å². The molecule has 3 rings (SSSR count). The molecule has 3 heterocycles. The lowest BCUT2D eigenvalue weighted by molar-refractivity contribution is -0.126. The summed E-state index contributed by atoms with van der Waals surface area (Å²) in [5, 5.41) is 6.44. The van der Waals surface area contributed by atoms with Crippen LogP contribution in [0.1, 0.15) is 49.1 Å². The Morgan fingerprint density at radius 1 is 1.28 bits per heavy atom. The van der Waals surface area contributed by atoms with Gasteiger partial charge >= 0.3 is 0 Å². The van der Waals surface area contributed by atoms with Crippen LogP contribution in [0.4, 0.5) is 0 Å². The Morgan fingerprint density at radius 3 is 2.88 bits per heavy atom. The van der Waals surface area contributed by atoms with Crippen LogP contribution in [-0.2, 0) is 4.79 Å². The maximum Gasteiger partial charge on any atom is 0.290 e. The highest BCUT2D eigenvalue weighted by Gasteiger charge is 2.33. The zero-order valence-corrected chi connectivity index (χ0v) is 15.4. The van der Waals surface area contributed by atoms with Crippen molar-refractivity contribution in [3.05, 3.63) is 24.2 Å². The van der Waals surface area contributed by atoms with E-state index in [1.807, 2.05) is 0 Å². The number of likely N-dealkylation sites (tertiary alicyclic amines) is 1. The molecule has 7 heteroatoms. The van der Waals surface area contributed by atoms with Crippen molar-refractivity contribution in [2.45, 2.75) is 44.6 Å². The van der Waals surface area contributed by atoms with Crippen LogP contribution in [0.5, 0.6) is 0 Å². The Morgan fingerprint density at radius 2 is 2.16 bits per heavy atom. The van der Waals surface area contributed by atoms with E-state index in [4.69, 9.17) is 4.42 Å². The van der Waals surface area contributed by atoms with Gasteiger partial charge in [0.25, 0.3) is 5.91 Å². The number of piperidine rings is 2. The first-order chi connectivity index (χ1) is 11.8. The van der Waals surface area contributed by atoms with Crippen LogP contribution in [0.2, 0.25) is 0 Å². The summed E-state index contributed by atoms with van der Waals surface area (Å²) in [6.45, 7) is 3.45. The second kappa shape index (κ2) is 9.82. The van der Waals surface area contributed by atoms with Gasteiger partial charge in [-0.15, -0.1) is 12.4 Å². The number of furan rings is 1. The summed E-state index contributed by atoms with van der Waals surface area (Å²) in [7, 11) is 0. The van der Waals surface area contributed by atoms with E-state index in [0.717, 1.165) is 38.8 Å². The average molecular weight is 370 g/mol. The normalized spacial score (nSPS) is 23.6. The highest BCUT2D eigenvalue weighted by atomic mass is 35.5. The number of nitrogens with one attached hydrogen (secondary N) is 2. The molecule has 2 saturated heterocycles. The summed E-state index contributed by atoms with van der Waals surface area (Å²) in [4.78, 5) is 26.8. The molecule has 140 valence electrons. The molecule has 6 nitrogen and oxygen atoms in total. The van der Waals surface area contributed by atoms with Crippen LogP contribution < -0.4 is 10.6 Å². The van der Waals surface area contributed by atoms with Gasteiger partial charge in [0.15, 0.2) is 5.76 Å². The second-order valence-electron chi connectivity index (χ2n) is 6.78. The predicted octanol–water partition coefficient (Wildman–Crippen LogP) is 2.20. The Hall–Kier alpha value is -1.53. The van der Waals surface area contributed by atoms with Crippen LogP contribution in [-0.4, -0.2) is 48.9 Å². The van der Waals surface area contributed by atoms with Crippen LogP contribution in [0.25, 0.3) is 0 Å². The van der Waals surface area contributed by atoms with E-state index in [-0.39, 0.29) is 30.3 Å². The number of rotatable bonds is 5. The molecule has 2 atom stereocenters. The highest BCUT2D eigenvalue weighted by molar-refractivity contribution is 5.95. The lowest BCUT2D eigenvalue weighted by Gasteiger charge is -2.34. The van der Waals surface area contributed by atoms with E-state index in [2.05, 4.69) is 10.6 Å². The third-order valence-electron chi connectivity index (χ3n) is 5.05. The predicted molar refractivity (Wildman–Crippen MR) is 97.9 cm³/mol. The summed E-state index contributed by atoms with van der Waals surface area (Å²) in [5.41, 5.74) is 0. The molecule has 0 spiro atoms. The van der Waals surface area contributed by atoms with E-state index in [9.17, 15) is 9.59 Å². The van der Waals surface area contributed by atoms with Gasteiger partial charge in [0.1, 0.15) is 6.04 Å². The van der Waals surface area contributed by atoms with Crippen molar-refractivity contribution in [3.63, 3.8) is 0 Å². The summed E-state index contributed by atoms with van der Waals surface area (Å²) in [6, 6.07) is 2.98. The van der Waals surface area contributed by atoms with Crippen LogP contribution >= 0.6 is 12.4 Å². The maximum atomic E-state index is 12.6. The van der Waals surface area contributed by atoms with Crippen molar-refractivity contribution in [2.24, 2.45) is 5.92 Å². The third kappa shape index (κ3) is 5.22. The van der Waals surface area contributed by atoms with Crippen molar-refractivity contribution in [1.82, 2.24) is 15.5 Å². The minimum absolute atomic E-state index is 0. The first-order valence-electron chi connectivity index (χ1n) is 9.08. The van der Waals surface area contributed by atoms with Gasteiger partial charge in [0.2, 0.25) is 5.91 Å². The van der Waals surface area contributed by atoms with Gasteiger partial charge in [-0.25, -0.2) is 0 Å². The largest absolute Gasteiger partial charge is 0.459 e. The molecule has 25 heavy (non-hydrogen) atoms. The van der Waals surface area contributed by atoms with Gasteiger partial charge in [0, 0.05) is 13.1 Å². The van der Waals surface area contributed by atoms with E-state index >= 15 is 0 Å². The van der Waals surface area contributed by atoms with Crippen LogP contribution in [0, 0.1) is 5.92 Å². The van der Waals surface area contributed by atoms with E-state index in [1.54, 1.807) is 17.0 Å². The lowest BCUT2D eigenvalue weighted by Crippen LogP contribution is -2.52. The number of hydrogen-bond donors (Lipinski definition) is 2. The fourth-order valence-corrected chi connectivity index (χ4v) is 3.68. The number of carbonyl (C=O) groups is 2. The fourth-order valence-electron chi connectivity index (χ4n) is 3.68. The van der Waals surface area contributed by atoms with Crippen molar-refractivity contribution >= 4 is 24.2 Å². The molecule has 2 aliphatic heterocycles. The molecule has 2 N–H and O–H groups in total. The molecule has 2 aliphatic rings. The Kier molecular flexibility index (Phi) is 7.78. The Labute approximate surface area is 155 Å². The molecule has 2 fully saturated rings. The van der Waals surface area contributed by atoms with Gasteiger partial charge < -0.3 is 20.0 Å². The highest BCUT2D eigenvalue weighted by Crippen LogP contribution is 2.20. The number of carbonyl (C=O) groups excluding carboxylic acids is 2. The summed E-state index contributed by atoms with van der Waals surface area (Å²) < 4.78 is 5.21. The molecule has 2 unspecified atom stereocenters. The van der Waals surface area contributed by atoms with E-state index in [1.165, 1.54) is 19.1 Å². The molecule has 0 radical (unpaired) electrons. The molecule has 1 aromatic rings. The number of nitrogens with zero attached hydrogens (tertiary/aromatic N) is 1. The van der Waals surface area contributed by atoms with Crippen molar-refractivity contribution in [2.75, 3.05) is 26.2 Å². The standard InChI is InChI=1S/C18H27N3O3.ClH/c22-17(20-10-8-14-5-3-9-19-13-14)15-6-1-2-11-21(15)18(23)16-7-4-12-24-16;/h4,7,12,14-15,19H,1-3,5-6,8-11,13H2,(H,20,22);1H. The monoisotopic (exact) mass is 369 g/mol. The van der Waals surface area contributed by atoms with E-state index in [0.29, 0.717) is 24.8 Å². The first-order valence-corrected chi connectivity index (χ1v) is 9.08. The fraction of sp³-hybridized carbons (Fsp3) is 0.667. The Bertz CT molecular complexity index is 544. The average Bonchev–Trinajstić information content (AvgIpc) is 3.16. The van der Waals surface area contributed by atoms with Crippen LogP contribution in [0.15, 0.2) is 22.8 Å². The van der Waals surface area contributed by atoms with Crippen molar-refractivity contribution < 1.29 is 14.0 Å². The quantitative estimate of drug-likeness (QED) is 0.834. The molecule has 0 aromatic carbocycles. The van der Waals surface area contributed by atoms with Crippen molar-refractivity contribution in [3.8, 4) is 0 Å². The molecule has 0 bridgehead atoms. The summed E-state index contributed by atoms with van der Waals surface area (Å²) >= 11 is 0. The summed E-state index contributed by atoms with van der Waals surface area (Å²) in [5.74, 6) is 0.740. The molecule has 0 saturated carbocycles. The van der Waals surface area contributed by atoms with Gasteiger partial charge in [-0.3, -0.25) is 9.59 Å². The number of amides is 2. The zero-order valence-electron chi connectivity index (χ0n) is 14.5. The molecular weight excluding hydrogens is 342 g/mol. The smallest absolute Gasteiger partial charge is 0.290 e. The van der Waals surface area contributed by atoms with Gasteiger partial charge in [0.05, 0.1) is 6.26 Å². The van der Waals surface area contributed by atoms with Crippen molar-refractivity contribution in [1.29, 1.82) is 0 Å². The molecule has 1 aromatic heterocycles. The lowest BCUT2D eigenvalue weighted by atomic mass is 9.96. The van der Waals surface area contributed by atoms with Gasteiger partial charge in [-0.1, -0.05) is 0 Å².